The van der Waals surface area contributed by atoms with E-state index in [9.17, 15) is 8.78 Å². The van der Waals surface area contributed by atoms with E-state index in [1.165, 1.54) is 18.2 Å². The Bertz CT molecular complexity index is 595. The van der Waals surface area contributed by atoms with Gasteiger partial charge in [0.25, 0.3) is 0 Å². The van der Waals surface area contributed by atoms with E-state index in [1.807, 2.05) is 12.1 Å². The Labute approximate surface area is 111 Å². The van der Waals surface area contributed by atoms with Gasteiger partial charge in [-0.3, -0.25) is 0 Å². The molecule has 1 unspecified atom stereocenters. The van der Waals surface area contributed by atoms with Crippen LogP contribution < -0.4 is 5.32 Å². The second-order valence-corrected chi connectivity index (χ2v) is 4.95. The van der Waals surface area contributed by atoms with Crippen LogP contribution in [0.15, 0.2) is 42.5 Å². The van der Waals surface area contributed by atoms with Crippen LogP contribution in [0.3, 0.4) is 0 Å². The zero-order chi connectivity index (χ0) is 13.2. The Hall–Kier alpha value is -1.74. The molecule has 0 amide bonds. The lowest BCUT2D eigenvalue weighted by molar-refractivity contribution is 0.528. The number of halogens is 2. The van der Waals surface area contributed by atoms with Gasteiger partial charge >= 0.3 is 0 Å². The van der Waals surface area contributed by atoms with Gasteiger partial charge in [-0.05, 0) is 53.8 Å². The van der Waals surface area contributed by atoms with Gasteiger partial charge < -0.3 is 5.32 Å². The van der Waals surface area contributed by atoms with Crippen LogP contribution in [-0.2, 0) is 13.0 Å². The zero-order valence-corrected chi connectivity index (χ0v) is 10.5. The van der Waals surface area contributed by atoms with Gasteiger partial charge in [-0.15, -0.1) is 0 Å². The fraction of sp³-hybridized carbons (Fsp3) is 0.250. The van der Waals surface area contributed by atoms with Crippen LogP contribution in [0.5, 0.6) is 0 Å². The summed E-state index contributed by atoms with van der Waals surface area (Å²) in [4.78, 5) is 0. The molecule has 1 aliphatic carbocycles. The monoisotopic (exact) mass is 259 g/mol. The first-order valence-corrected chi connectivity index (χ1v) is 6.48. The van der Waals surface area contributed by atoms with Gasteiger partial charge in [0, 0.05) is 12.6 Å². The van der Waals surface area contributed by atoms with Crippen LogP contribution in [0.2, 0.25) is 0 Å². The van der Waals surface area contributed by atoms with E-state index in [-0.39, 0.29) is 17.7 Å². The zero-order valence-electron chi connectivity index (χ0n) is 10.5. The highest BCUT2D eigenvalue weighted by atomic mass is 19.1. The van der Waals surface area contributed by atoms with Crippen molar-refractivity contribution in [3.8, 4) is 0 Å². The molecule has 3 rings (SSSR count). The molecule has 2 aromatic carbocycles. The van der Waals surface area contributed by atoms with E-state index in [1.54, 1.807) is 12.1 Å². The molecule has 1 aliphatic rings. The Kier molecular flexibility index (Phi) is 3.30. The van der Waals surface area contributed by atoms with E-state index < -0.39 is 0 Å². The van der Waals surface area contributed by atoms with E-state index in [2.05, 4.69) is 5.32 Å². The summed E-state index contributed by atoms with van der Waals surface area (Å²) in [5.74, 6) is -0.391. The summed E-state index contributed by atoms with van der Waals surface area (Å²) in [5.41, 5.74) is 3.17. The Morgan fingerprint density at radius 2 is 1.89 bits per heavy atom. The molecular formula is C16H15F2N. The Morgan fingerprint density at radius 3 is 2.74 bits per heavy atom. The molecule has 0 radical (unpaired) electrons. The molecule has 1 nitrogen and oxygen atoms in total. The lowest BCUT2D eigenvalue weighted by Gasteiger charge is -2.14. The smallest absolute Gasteiger partial charge is 0.123 e. The average Bonchev–Trinajstić information content (AvgIpc) is 2.78. The molecule has 1 atom stereocenters. The average molecular weight is 259 g/mol. The van der Waals surface area contributed by atoms with E-state index >= 15 is 0 Å². The third kappa shape index (κ3) is 2.66. The van der Waals surface area contributed by atoms with E-state index in [4.69, 9.17) is 0 Å². The minimum absolute atomic E-state index is 0.176. The predicted octanol–water partition coefficient (Wildman–Crippen LogP) is 3.74. The van der Waals surface area contributed by atoms with Crippen LogP contribution in [-0.4, -0.2) is 0 Å². The minimum atomic E-state index is -0.215. The third-order valence-electron chi connectivity index (χ3n) is 3.62. The number of benzene rings is 2. The molecule has 0 saturated heterocycles. The number of aryl methyl sites for hydroxylation is 1. The van der Waals surface area contributed by atoms with Crippen molar-refractivity contribution in [1.29, 1.82) is 0 Å². The molecule has 0 aromatic heterocycles. The summed E-state index contributed by atoms with van der Waals surface area (Å²) in [5, 5.41) is 3.41. The number of hydrogen-bond donors (Lipinski definition) is 1. The SMILES string of the molecule is Fc1cccc(CNC2CCc3cc(F)ccc32)c1. The molecule has 1 N–H and O–H groups in total. The van der Waals surface area contributed by atoms with Gasteiger partial charge in [-0.25, -0.2) is 8.78 Å². The number of fused-ring (bicyclic) bond motifs is 1. The Balaban J connectivity index is 1.70. The summed E-state index contributed by atoms with van der Waals surface area (Å²) in [6.45, 7) is 0.624. The van der Waals surface area contributed by atoms with Crippen LogP contribution in [0, 0.1) is 11.6 Å². The molecule has 0 saturated carbocycles. The molecule has 0 spiro atoms. The molecule has 2 aromatic rings. The first-order valence-electron chi connectivity index (χ1n) is 6.48. The maximum absolute atomic E-state index is 13.1. The quantitative estimate of drug-likeness (QED) is 0.885. The van der Waals surface area contributed by atoms with Gasteiger partial charge in [-0.1, -0.05) is 18.2 Å². The molecule has 19 heavy (non-hydrogen) atoms. The van der Waals surface area contributed by atoms with Crippen molar-refractivity contribution in [2.75, 3.05) is 0 Å². The van der Waals surface area contributed by atoms with Gasteiger partial charge in [0.2, 0.25) is 0 Å². The van der Waals surface area contributed by atoms with Gasteiger partial charge in [0.1, 0.15) is 11.6 Å². The van der Waals surface area contributed by atoms with Crippen molar-refractivity contribution in [3.63, 3.8) is 0 Å². The normalized spacial score (nSPS) is 17.5. The fourth-order valence-electron chi connectivity index (χ4n) is 2.69. The molecule has 98 valence electrons. The highest BCUT2D eigenvalue weighted by Gasteiger charge is 2.22. The second kappa shape index (κ2) is 5.10. The lowest BCUT2D eigenvalue weighted by Crippen LogP contribution is -2.18. The summed E-state index contributed by atoms with van der Waals surface area (Å²) < 4.78 is 26.2. The maximum Gasteiger partial charge on any atom is 0.123 e. The van der Waals surface area contributed by atoms with Crippen LogP contribution >= 0.6 is 0 Å². The number of rotatable bonds is 3. The van der Waals surface area contributed by atoms with Crippen LogP contribution in [0.1, 0.15) is 29.2 Å². The molecule has 0 fully saturated rings. The van der Waals surface area contributed by atoms with E-state index in [0.29, 0.717) is 6.54 Å². The first kappa shape index (κ1) is 12.3. The minimum Gasteiger partial charge on any atom is -0.306 e. The molecule has 3 heteroatoms. The summed E-state index contributed by atoms with van der Waals surface area (Å²) >= 11 is 0. The molecule has 0 bridgehead atoms. The first-order chi connectivity index (χ1) is 9.22. The van der Waals surface area contributed by atoms with Gasteiger partial charge in [-0.2, -0.15) is 0 Å². The predicted molar refractivity (Wildman–Crippen MR) is 70.7 cm³/mol. The maximum atomic E-state index is 13.1. The van der Waals surface area contributed by atoms with Crippen LogP contribution in [0.4, 0.5) is 8.78 Å². The van der Waals surface area contributed by atoms with Crippen LogP contribution in [0.25, 0.3) is 0 Å². The summed E-state index contributed by atoms with van der Waals surface area (Å²) in [6.07, 6.45) is 1.86. The van der Waals surface area contributed by atoms with Crippen molar-refractivity contribution >= 4 is 0 Å². The van der Waals surface area contributed by atoms with Crippen molar-refractivity contribution in [2.45, 2.75) is 25.4 Å². The standard InChI is InChI=1S/C16H15F2N/c17-13-3-1-2-11(8-13)10-19-16-7-4-12-9-14(18)5-6-15(12)16/h1-3,5-6,8-9,16,19H,4,7,10H2. The van der Waals surface area contributed by atoms with E-state index in [0.717, 1.165) is 29.5 Å². The topological polar surface area (TPSA) is 12.0 Å². The summed E-state index contributed by atoms with van der Waals surface area (Å²) in [6, 6.07) is 11.8. The fourth-order valence-corrected chi connectivity index (χ4v) is 2.69. The van der Waals surface area contributed by atoms with Gasteiger partial charge in [0.05, 0.1) is 0 Å². The van der Waals surface area contributed by atoms with Crippen molar-refractivity contribution in [2.24, 2.45) is 0 Å². The highest BCUT2D eigenvalue weighted by Crippen LogP contribution is 2.31. The largest absolute Gasteiger partial charge is 0.306 e. The number of hydrogen-bond acceptors (Lipinski definition) is 1. The molecular weight excluding hydrogens is 244 g/mol. The second-order valence-electron chi connectivity index (χ2n) is 4.95. The summed E-state index contributed by atoms with van der Waals surface area (Å²) in [7, 11) is 0. The molecule has 0 heterocycles. The number of nitrogens with one attached hydrogen (secondary N) is 1. The van der Waals surface area contributed by atoms with Crippen molar-refractivity contribution in [3.05, 3.63) is 70.8 Å². The van der Waals surface area contributed by atoms with Crippen molar-refractivity contribution in [1.82, 2.24) is 5.32 Å². The lowest BCUT2D eigenvalue weighted by atomic mass is 10.1. The highest BCUT2D eigenvalue weighted by molar-refractivity contribution is 5.35. The molecule has 0 aliphatic heterocycles. The third-order valence-corrected chi connectivity index (χ3v) is 3.62. The van der Waals surface area contributed by atoms with Gasteiger partial charge in [0.15, 0.2) is 0 Å². The van der Waals surface area contributed by atoms with Crippen molar-refractivity contribution < 1.29 is 8.78 Å². The Morgan fingerprint density at radius 1 is 1.05 bits per heavy atom.